The Balaban J connectivity index is 1.94. The fourth-order valence-electron chi connectivity index (χ4n) is 3.07. The smallest absolute Gasteiger partial charge is 0.227 e. The number of unbranched alkanes of at least 4 members (excludes halogenated alkanes) is 2. The van der Waals surface area contributed by atoms with E-state index in [0.717, 1.165) is 25.8 Å². The molecule has 1 aromatic carbocycles. The number of phenols is 1. The highest BCUT2D eigenvalue weighted by Gasteiger charge is 2.24. The van der Waals surface area contributed by atoms with E-state index in [0.29, 0.717) is 28.5 Å². The van der Waals surface area contributed by atoms with Gasteiger partial charge in [0.25, 0.3) is 0 Å². The molecular weight excluding hydrogens is 399 g/mol. The van der Waals surface area contributed by atoms with Crippen LogP contribution in [0.2, 0.25) is 0 Å². The number of hydrogen-bond donors (Lipinski definition) is 4. The maximum Gasteiger partial charge on any atom is 0.227 e. The molecule has 0 spiro atoms. The van der Waals surface area contributed by atoms with Crippen molar-refractivity contribution in [1.82, 2.24) is 19.5 Å². The van der Waals surface area contributed by atoms with Crippen LogP contribution in [0.1, 0.15) is 52.5 Å². The van der Waals surface area contributed by atoms with Gasteiger partial charge in [-0.1, -0.05) is 19.8 Å². The van der Waals surface area contributed by atoms with E-state index in [-0.39, 0.29) is 18.3 Å². The first-order valence-electron chi connectivity index (χ1n) is 10.6. The summed E-state index contributed by atoms with van der Waals surface area (Å²) in [5.74, 6) is 0.390. The number of fused-ring (bicyclic) bond motifs is 1. The highest BCUT2D eigenvalue weighted by atomic mass is 19.1. The van der Waals surface area contributed by atoms with Crippen molar-refractivity contribution >= 4 is 22.9 Å². The van der Waals surface area contributed by atoms with Crippen molar-refractivity contribution in [1.29, 1.82) is 0 Å². The fourth-order valence-corrected chi connectivity index (χ4v) is 3.07. The number of aromatic nitrogens is 4. The van der Waals surface area contributed by atoms with Gasteiger partial charge in [-0.3, -0.25) is 0 Å². The Hall–Kier alpha value is -2.94. The number of aliphatic hydroxyl groups is 1. The number of phenolic OH excluding ortho intramolecular Hbond substituents is 1. The lowest BCUT2D eigenvalue weighted by molar-refractivity contribution is 0.0646. The third-order valence-electron chi connectivity index (χ3n) is 5.36. The standard InChI is InChI=1S/C22H31FN6O2/c1-5-6-7-10-29-13-25-18-19(24-12-15-11-16(23)8-9-17(15)30)27-21(28-20(18)29)26-14(2)22(3,4)31/h8-9,11,13-14,30-31H,5-7,10,12H2,1-4H3,(H2,24,26,27,28). The van der Waals surface area contributed by atoms with Gasteiger partial charge in [0, 0.05) is 18.7 Å². The van der Waals surface area contributed by atoms with E-state index in [1.54, 1.807) is 20.2 Å². The first-order valence-corrected chi connectivity index (χ1v) is 10.6. The molecule has 4 N–H and O–H groups in total. The van der Waals surface area contributed by atoms with Crippen LogP contribution in [0.4, 0.5) is 16.2 Å². The third-order valence-corrected chi connectivity index (χ3v) is 5.36. The lowest BCUT2D eigenvalue weighted by Gasteiger charge is -2.26. The number of hydrogen-bond acceptors (Lipinski definition) is 7. The van der Waals surface area contributed by atoms with Crippen molar-refractivity contribution in [3.05, 3.63) is 35.9 Å². The van der Waals surface area contributed by atoms with Crippen molar-refractivity contribution in [2.45, 2.75) is 71.7 Å². The van der Waals surface area contributed by atoms with Crippen LogP contribution in [0.5, 0.6) is 5.75 Å². The molecule has 1 unspecified atom stereocenters. The lowest BCUT2D eigenvalue weighted by Crippen LogP contribution is -2.39. The second-order valence-corrected chi connectivity index (χ2v) is 8.36. The van der Waals surface area contributed by atoms with Crippen LogP contribution in [0, 0.1) is 5.82 Å². The van der Waals surface area contributed by atoms with Crippen LogP contribution in [0.25, 0.3) is 11.2 Å². The normalized spacial score (nSPS) is 12.8. The maximum atomic E-state index is 13.6. The molecule has 0 bridgehead atoms. The zero-order valence-electron chi connectivity index (χ0n) is 18.5. The summed E-state index contributed by atoms with van der Waals surface area (Å²) in [5, 5.41) is 26.6. The molecule has 0 saturated carbocycles. The molecule has 9 heteroatoms. The van der Waals surface area contributed by atoms with Crippen LogP contribution in [0.3, 0.4) is 0 Å². The van der Waals surface area contributed by atoms with Crippen molar-refractivity contribution in [2.24, 2.45) is 0 Å². The molecule has 3 rings (SSSR count). The van der Waals surface area contributed by atoms with Gasteiger partial charge in [0.15, 0.2) is 17.0 Å². The Bertz CT molecular complexity index is 1030. The average Bonchev–Trinajstić information content (AvgIpc) is 3.11. The molecule has 0 saturated heterocycles. The van der Waals surface area contributed by atoms with Gasteiger partial charge in [0.05, 0.1) is 18.0 Å². The number of nitrogens with zero attached hydrogens (tertiary/aromatic N) is 4. The van der Waals surface area contributed by atoms with E-state index in [1.165, 1.54) is 18.2 Å². The zero-order chi connectivity index (χ0) is 22.6. The van der Waals surface area contributed by atoms with E-state index in [9.17, 15) is 14.6 Å². The SMILES string of the molecule is CCCCCn1cnc2c(NCc3cc(F)ccc3O)nc(NC(C)C(C)(C)O)nc21. The molecule has 2 aromatic heterocycles. The molecule has 0 aliphatic carbocycles. The van der Waals surface area contributed by atoms with Crippen LogP contribution in [0.15, 0.2) is 24.5 Å². The summed E-state index contributed by atoms with van der Waals surface area (Å²) >= 11 is 0. The van der Waals surface area contributed by atoms with Crippen molar-refractivity contribution in [3.63, 3.8) is 0 Å². The molecule has 0 aliphatic rings. The first kappa shape index (κ1) is 22.7. The second kappa shape index (κ2) is 9.47. The van der Waals surface area contributed by atoms with Crippen LogP contribution < -0.4 is 10.6 Å². The van der Waals surface area contributed by atoms with Gasteiger partial charge < -0.3 is 25.4 Å². The summed E-state index contributed by atoms with van der Waals surface area (Å²) in [6.45, 7) is 8.38. The Kier molecular flexibility index (Phi) is 6.94. The van der Waals surface area contributed by atoms with Crippen LogP contribution in [-0.4, -0.2) is 41.4 Å². The number of rotatable bonds is 10. The van der Waals surface area contributed by atoms with Crippen molar-refractivity contribution in [3.8, 4) is 5.75 Å². The van der Waals surface area contributed by atoms with Gasteiger partial charge in [-0.15, -0.1) is 0 Å². The molecule has 0 aliphatic heterocycles. The Morgan fingerprint density at radius 2 is 2.00 bits per heavy atom. The van der Waals surface area contributed by atoms with Gasteiger partial charge in [0.1, 0.15) is 11.6 Å². The average molecular weight is 431 g/mol. The number of halogens is 1. The maximum absolute atomic E-state index is 13.6. The van der Waals surface area contributed by atoms with E-state index in [1.807, 2.05) is 11.5 Å². The topological polar surface area (TPSA) is 108 Å². The number of benzene rings is 1. The van der Waals surface area contributed by atoms with Crippen LogP contribution in [-0.2, 0) is 13.1 Å². The quantitative estimate of drug-likeness (QED) is 0.359. The molecule has 31 heavy (non-hydrogen) atoms. The number of aryl methyl sites for hydroxylation is 1. The number of nitrogens with one attached hydrogen (secondary N) is 2. The van der Waals surface area contributed by atoms with E-state index in [4.69, 9.17) is 0 Å². The number of anilines is 2. The summed E-state index contributed by atoms with van der Waals surface area (Å²) in [7, 11) is 0. The highest BCUT2D eigenvalue weighted by molar-refractivity contribution is 5.84. The summed E-state index contributed by atoms with van der Waals surface area (Å²) in [5.41, 5.74) is 0.700. The van der Waals surface area contributed by atoms with Gasteiger partial charge in [-0.2, -0.15) is 9.97 Å². The van der Waals surface area contributed by atoms with Crippen molar-refractivity contribution < 1.29 is 14.6 Å². The Morgan fingerprint density at radius 1 is 1.23 bits per heavy atom. The lowest BCUT2D eigenvalue weighted by atomic mass is 10.0. The largest absolute Gasteiger partial charge is 0.508 e. The molecule has 0 radical (unpaired) electrons. The minimum atomic E-state index is -0.972. The molecule has 168 valence electrons. The monoisotopic (exact) mass is 430 g/mol. The third kappa shape index (κ3) is 5.61. The van der Waals surface area contributed by atoms with Crippen LogP contribution >= 0.6 is 0 Å². The summed E-state index contributed by atoms with van der Waals surface area (Å²) in [4.78, 5) is 13.6. The molecule has 2 heterocycles. The summed E-state index contributed by atoms with van der Waals surface area (Å²) < 4.78 is 15.6. The first-order chi connectivity index (χ1) is 14.7. The number of imidazole rings is 1. The predicted molar refractivity (Wildman–Crippen MR) is 120 cm³/mol. The number of aromatic hydroxyl groups is 1. The van der Waals surface area contributed by atoms with Crippen molar-refractivity contribution in [2.75, 3.05) is 10.6 Å². The predicted octanol–water partition coefficient (Wildman–Crippen LogP) is 4.04. The highest BCUT2D eigenvalue weighted by Crippen LogP contribution is 2.25. The Labute approximate surface area is 181 Å². The van der Waals surface area contributed by atoms with E-state index >= 15 is 0 Å². The molecular formula is C22H31FN6O2. The van der Waals surface area contributed by atoms with E-state index < -0.39 is 11.4 Å². The molecule has 0 amide bonds. The van der Waals surface area contributed by atoms with Gasteiger partial charge in [-0.05, 0) is 45.4 Å². The molecule has 1 atom stereocenters. The molecule has 0 fully saturated rings. The summed E-state index contributed by atoms with van der Waals surface area (Å²) in [6, 6.07) is 3.50. The molecule has 8 nitrogen and oxygen atoms in total. The summed E-state index contributed by atoms with van der Waals surface area (Å²) in [6.07, 6.45) is 4.97. The second-order valence-electron chi connectivity index (χ2n) is 8.36. The van der Waals surface area contributed by atoms with E-state index in [2.05, 4.69) is 32.5 Å². The molecule has 3 aromatic rings. The zero-order valence-corrected chi connectivity index (χ0v) is 18.5. The van der Waals surface area contributed by atoms with Gasteiger partial charge in [-0.25, -0.2) is 9.37 Å². The minimum absolute atomic E-state index is 0.00158. The minimum Gasteiger partial charge on any atom is -0.508 e. The fraction of sp³-hybridized carbons (Fsp3) is 0.500. The van der Waals surface area contributed by atoms with Gasteiger partial charge in [0.2, 0.25) is 5.95 Å². The van der Waals surface area contributed by atoms with Gasteiger partial charge >= 0.3 is 0 Å². The Morgan fingerprint density at radius 3 is 2.71 bits per heavy atom.